The first-order chi connectivity index (χ1) is 10.8. The second kappa shape index (κ2) is 6.35. The van der Waals surface area contributed by atoms with E-state index in [0.717, 1.165) is 6.08 Å². The van der Waals surface area contributed by atoms with Crippen LogP contribution in [-0.4, -0.2) is 28.8 Å². The van der Waals surface area contributed by atoms with Gasteiger partial charge in [-0.25, -0.2) is 14.4 Å². The summed E-state index contributed by atoms with van der Waals surface area (Å²) in [5.41, 5.74) is 1.07. The minimum absolute atomic E-state index is 0.237. The number of cyclic esters (lactones) is 2. The first-order valence-electron chi connectivity index (χ1n) is 6.71. The Morgan fingerprint density at radius 3 is 2.22 bits per heavy atom. The first-order valence-corrected chi connectivity index (χ1v) is 6.71. The number of anilines is 1. The predicted octanol–water partition coefficient (Wildman–Crippen LogP) is 1.92. The maximum atomic E-state index is 11.7. The molecule has 2 N–H and O–H groups in total. The van der Waals surface area contributed by atoms with Gasteiger partial charge in [0.2, 0.25) is 0 Å². The van der Waals surface area contributed by atoms with E-state index in [1.54, 1.807) is 24.3 Å². The standard InChI is InChI=1S/C16H15NO6/c1-16(2)22-14(20)12(15(21)23-16)9-17-11-6-3-10(4-7-11)5-8-13(18)19/h3-9,17H,1-2H3,(H,18,19). The molecule has 0 bridgehead atoms. The molecule has 7 nitrogen and oxygen atoms in total. The summed E-state index contributed by atoms with van der Waals surface area (Å²) >= 11 is 0. The molecule has 1 saturated heterocycles. The summed E-state index contributed by atoms with van der Waals surface area (Å²) in [5.74, 6) is -3.84. The monoisotopic (exact) mass is 317 g/mol. The van der Waals surface area contributed by atoms with Crippen LogP contribution < -0.4 is 5.32 Å². The van der Waals surface area contributed by atoms with Crippen LogP contribution in [0.1, 0.15) is 19.4 Å². The van der Waals surface area contributed by atoms with Gasteiger partial charge in [0.15, 0.2) is 5.57 Å². The highest BCUT2D eigenvalue weighted by Crippen LogP contribution is 2.22. The molecule has 7 heteroatoms. The molecule has 1 heterocycles. The predicted molar refractivity (Wildman–Crippen MR) is 81.1 cm³/mol. The highest BCUT2D eigenvalue weighted by Gasteiger charge is 2.38. The van der Waals surface area contributed by atoms with Gasteiger partial charge < -0.3 is 19.9 Å². The van der Waals surface area contributed by atoms with Crippen LogP contribution in [0.25, 0.3) is 6.08 Å². The second-order valence-electron chi connectivity index (χ2n) is 5.17. The van der Waals surface area contributed by atoms with Crippen molar-refractivity contribution in [2.75, 3.05) is 5.32 Å². The highest BCUT2D eigenvalue weighted by atomic mass is 16.7. The Morgan fingerprint density at radius 1 is 1.13 bits per heavy atom. The van der Waals surface area contributed by atoms with E-state index in [0.29, 0.717) is 11.3 Å². The van der Waals surface area contributed by atoms with Gasteiger partial charge in [0, 0.05) is 31.8 Å². The lowest BCUT2D eigenvalue weighted by molar-refractivity contribution is -0.222. The van der Waals surface area contributed by atoms with Crippen LogP contribution in [0.2, 0.25) is 0 Å². The Kier molecular flexibility index (Phi) is 4.49. The van der Waals surface area contributed by atoms with E-state index in [9.17, 15) is 14.4 Å². The molecule has 0 spiro atoms. The zero-order valence-corrected chi connectivity index (χ0v) is 12.5. The number of hydrogen-bond acceptors (Lipinski definition) is 6. The van der Waals surface area contributed by atoms with Gasteiger partial charge in [0.05, 0.1) is 0 Å². The van der Waals surface area contributed by atoms with E-state index >= 15 is 0 Å². The number of carboxylic acid groups (broad SMARTS) is 1. The number of ether oxygens (including phenoxy) is 2. The second-order valence-corrected chi connectivity index (χ2v) is 5.17. The van der Waals surface area contributed by atoms with Crippen molar-refractivity contribution in [2.45, 2.75) is 19.6 Å². The Hall–Kier alpha value is -3.09. The maximum Gasteiger partial charge on any atom is 0.350 e. The zero-order chi connectivity index (χ0) is 17.0. The van der Waals surface area contributed by atoms with E-state index in [1.807, 2.05) is 0 Å². The summed E-state index contributed by atoms with van der Waals surface area (Å²) in [4.78, 5) is 33.9. The van der Waals surface area contributed by atoms with Crippen LogP contribution in [0, 0.1) is 0 Å². The molecule has 0 aromatic heterocycles. The average Bonchev–Trinajstić information content (AvgIpc) is 2.44. The van der Waals surface area contributed by atoms with Crippen molar-refractivity contribution in [3.05, 3.63) is 47.7 Å². The molecule has 0 saturated carbocycles. The van der Waals surface area contributed by atoms with E-state index in [-0.39, 0.29) is 5.57 Å². The van der Waals surface area contributed by atoms with Crippen LogP contribution in [0.3, 0.4) is 0 Å². The van der Waals surface area contributed by atoms with E-state index in [1.165, 1.54) is 26.1 Å². The van der Waals surface area contributed by atoms with Crippen molar-refractivity contribution in [1.29, 1.82) is 0 Å². The third kappa shape index (κ3) is 4.44. The minimum Gasteiger partial charge on any atom is -0.478 e. The largest absolute Gasteiger partial charge is 0.478 e. The number of benzene rings is 1. The smallest absolute Gasteiger partial charge is 0.350 e. The summed E-state index contributed by atoms with van der Waals surface area (Å²) in [5, 5.41) is 11.3. The number of hydrogen-bond donors (Lipinski definition) is 2. The molecule has 1 fully saturated rings. The molecule has 0 atom stereocenters. The molecule has 1 aromatic rings. The van der Waals surface area contributed by atoms with Gasteiger partial charge >= 0.3 is 17.9 Å². The topological polar surface area (TPSA) is 102 Å². The van der Waals surface area contributed by atoms with Crippen molar-refractivity contribution < 1.29 is 29.0 Å². The molecule has 1 aromatic carbocycles. The summed E-state index contributed by atoms with van der Waals surface area (Å²) in [7, 11) is 0. The Bertz CT molecular complexity index is 678. The third-order valence-corrected chi connectivity index (χ3v) is 2.83. The first kappa shape index (κ1) is 16.3. The molecule has 120 valence electrons. The van der Waals surface area contributed by atoms with E-state index in [2.05, 4.69) is 5.32 Å². The van der Waals surface area contributed by atoms with Crippen LogP contribution in [0.4, 0.5) is 5.69 Å². The molecular weight excluding hydrogens is 302 g/mol. The average molecular weight is 317 g/mol. The Labute approximate surface area is 132 Å². The molecule has 1 aliphatic heterocycles. The van der Waals surface area contributed by atoms with Crippen LogP contribution in [0.15, 0.2) is 42.1 Å². The zero-order valence-electron chi connectivity index (χ0n) is 12.5. The number of aliphatic carboxylic acids is 1. The Morgan fingerprint density at radius 2 is 1.70 bits per heavy atom. The van der Waals surface area contributed by atoms with Crippen LogP contribution in [0.5, 0.6) is 0 Å². The SMILES string of the molecule is CC1(C)OC(=O)C(=CNc2ccc(C=CC(=O)O)cc2)C(=O)O1. The van der Waals surface area contributed by atoms with E-state index < -0.39 is 23.7 Å². The molecular formula is C16H15NO6. The molecule has 23 heavy (non-hydrogen) atoms. The molecule has 0 aliphatic carbocycles. The third-order valence-electron chi connectivity index (χ3n) is 2.83. The number of rotatable bonds is 4. The molecule has 0 amide bonds. The fourth-order valence-corrected chi connectivity index (χ4v) is 1.79. The van der Waals surface area contributed by atoms with Gasteiger partial charge in [-0.2, -0.15) is 0 Å². The molecule has 0 radical (unpaired) electrons. The van der Waals surface area contributed by atoms with Crippen molar-refractivity contribution in [1.82, 2.24) is 0 Å². The van der Waals surface area contributed by atoms with Gasteiger partial charge in [-0.3, -0.25) is 0 Å². The Balaban J connectivity index is 2.06. The summed E-state index contributed by atoms with van der Waals surface area (Å²) < 4.78 is 9.93. The van der Waals surface area contributed by atoms with Crippen molar-refractivity contribution in [3.8, 4) is 0 Å². The lowest BCUT2D eigenvalue weighted by Gasteiger charge is -2.29. The van der Waals surface area contributed by atoms with Crippen molar-refractivity contribution in [3.63, 3.8) is 0 Å². The molecule has 1 aliphatic rings. The highest BCUT2D eigenvalue weighted by molar-refractivity contribution is 6.15. The normalized spacial score (nSPS) is 16.7. The van der Waals surface area contributed by atoms with Crippen LogP contribution >= 0.6 is 0 Å². The van der Waals surface area contributed by atoms with Crippen LogP contribution in [-0.2, 0) is 23.9 Å². The van der Waals surface area contributed by atoms with E-state index in [4.69, 9.17) is 14.6 Å². The number of nitrogens with one attached hydrogen (secondary N) is 1. The molecule has 2 rings (SSSR count). The summed E-state index contributed by atoms with van der Waals surface area (Å²) in [6, 6.07) is 6.70. The summed E-state index contributed by atoms with van der Waals surface area (Å²) in [6.07, 6.45) is 3.69. The number of carboxylic acids is 1. The minimum atomic E-state index is -1.27. The lowest BCUT2D eigenvalue weighted by atomic mass is 10.2. The van der Waals surface area contributed by atoms with Gasteiger partial charge in [-0.15, -0.1) is 0 Å². The van der Waals surface area contributed by atoms with Crippen molar-refractivity contribution in [2.24, 2.45) is 0 Å². The molecule has 0 unspecified atom stereocenters. The fourth-order valence-electron chi connectivity index (χ4n) is 1.79. The van der Waals surface area contributed by atoms with Gasteiger partial charge in [0.25, 0.3) is 5.79 Å². The van der Waals surface area contributed by atoms with Gasteiger partial charge in [0.1, 0.15) is 0 Å². The van der Waals surface area contributed by atoms with Gasteiger partial charge in [-0.05, 0) is 23.8 Å². The number of carbonyl (C=O) groups excluding carboxylic acids is 2. The number of carbonyl (C=O) groups is 3. The lowest BCUT2D eigenvalue weighted by Crippen LogP contribution is -2.42. The fraction of sp³-hybridized carbons (Fsp3) is 0.188. The quantitative estimate of drug-likeness (QED) is 0.497. The van der Waals surface area contributed by atoms with Crippen molar-refractivity contribution >= 4 is 29.7 Å². The van der Waals surface area contributed by atoms with Gasteiger partial charge in [-0.1, -0.05) is 12.1 Å². The maximum absolute atomic E-state index is 11.7. The summed E-state index contributed by atoms with van der Waals surface area (Å²) in [6.45, 7) is 2.94. The number of esters is 2.